The summed E-state index contributed by atoms with van der Waals surface area (Å²) in [6.45, 7) is 1.92. The van der Waals surface area contributed by atoms with Crippen LogP contribution in [0.1, 0.15) is 19.8 Å². The van der Waals surface area contributed by atoms with Gasteiger partial charge in [-0.3, -0.25) is 4.79 Å². The topological polar surface area (TPSA) is 90.0 Å². The van der Waals surface area contributed by atoms with Crippen molar-refractivity contribution in [3.63, 3.8) is 0 Å². The first-order valence-corrected chi connectivity index (χ1v) is 5.88. The van der Waals surface area contributed by atoms with E-state index in [1.54, 1.807) is 0 Å². The molecule has 1 heterocycles. The highest BCUT2D eigenvalue weighted by atomic mass is 16.4. The van der Waals surface area contributed by atoms with E-state index in [1.165, 1.54) is 25.9 Å². The van der Waals surface area contributed by atoms with Crippen molar-refractivity contribution in [2.75, 3.05) is 20.6 Å². The molecule has 1 aliphatic rings. The van der Waals surface area contributed by atoms with Crippen LogP contribution in [0.25, 0.3) is 0 Å². The predicted octanol–water partition coefficient (Wildman–Crippen LogP) is -0.278. The molecule has 1 rings (SSSR count). The SMILES string of the molecule is CNC(=O)C1CCCN1C(=O)N(C)C(C)C(=O)O. The van der Waals surface area contributed by atoms with Crippen LogP contribution in [0.3, 0.4) is 0 Å². The molecule has 0 saturated carbocycles. The molecule has 0 aliphatic carbocycles. The summed E-state index contributed by atoms with van der Waals surface area (Å²) in [7, 11) is 2.95. The second-order valence-corrected chi connectivity index (χ2v) is 4.37. The fraction of sp³-hybridized carbons (Fsp3) is 0.727. The van der Waals surface area contributed by atoms with Gasteiger partial charge in [0.05, 0.1) is 0 Å². The Kier molecular flexibility index (Phi) is 4.52. The zero-order valence-electron chi connectivity index (χ0n) is 10.8. The van der Waals surface area contributed by atoms with Crippen molar-refractivity contribution in [2.45, 2.75) is 31.8 Å². The minimum atomic E-state index is -1.07. The van der Waals surface area contributed by atoms with Crippen LogP contribution in [0.5, 0.6) is 0 Å². The van der Waals surface area contributed by atoms with Crippen LogP contribution in [0, 0.1) is 0 Å². The predicted molar refractivity (Wildman–Crippen MR) is 64.1 cm³/mol. The van der Waals surface area contributed by atoms with Crippen LogP contribution in [-0.4, -0.2) is 65.5 Å². The maximum absolute atomic E-state index is 12.1. The summed E-state index contributed by atoms with van der Waals surface area (Å²) >= 11 is 0. The fourth-order valence-corrected chi connectivity index (χ4v) is 1.97. The Morgan fingerprint density at radius 2 is 2.06 bits per heavy atom. The number of rotatable bonds is 3. The molecule has 1 saturated heterocycles. The molecule has 18 heavy (non-hydrogen) atoms. The number of urea groups is 1. The highest BCUT2D eigenvalue weighted by Gasteiger charge is 2.36. The van der Waals surface area contributed by atoms with Crippen LogP contribution in [-0.2, 0) is 9.59 Å². The van der Waals surface area contributed by atoms with Gasteiger partial charge in [-0.1, -0.05) is 0 Å². The smallest absolute Gasteiger partial charge is 0.326 e. The zero-order chi connectivity index (χ0) is 13.9. The highest BCUT2D eigenvalue weighted by molar-refractivity contribution is 5.89. The molecular weight excluding hydrogens is 238 g/mol. The first-order chi connectivity index (χ1) is 8.40. The number of hydrogen-bond donors (Lipinski definition) is 2. The van der Waals surface area contributed by atoms with E-state index in [9.17, 15) is 14.4 Å². The Labute approximate surface area is 106 Å². The summed E-state index contributed by atoms with van der Waals surface area (Å²) in [5.74, 6) is -1.28. The quantitative estimate of drug-likeness (QED) is 0.727. The Balaban J connectivity index is 2.76. The van der Waals surface area contributed by atoms with Crippen molar-refractivity contribution in [1.82, 2.24) is 15.1 Å². The lowest BCUT2D eigenvalue weighted by molar-refractivity contribution is -0.141. The fourth-order valence-electron chi connectivity index (χ4n) is 1.97. The van der Waals surface area contributed by atoms with E-state index in [4.69, 9.17) is 5.11 Å². The first kappa shape index (κ1) is 14.3. The number of aliphatic carboxylic acids is 1. The monoisotopic (exact) mass is 257 g/mol. The molecule has 7 nitrogen and oxygen atoms in total. The second-order valence-electron chi connectivity index (χ2n) is 4.37. The lowest BCUT2D eigenvalue weighted by atomic mass is 10.2. The van der Waals surface area contributed by atoms with Crippen LogP contribution in [0.15, 0.2) is 0 Å². The van der Waals surface area contributed by atoms with Gasteiger partial charge in [0.15, 0.2) is 0 Å². The summed E-state index contributed by atoms with van der Waals surface area (Å²) in [5.41, 5.74) is 0. The molecule has 2 N–H and O–H groups in total. The number of carboxylic acid groups (broad SMARTS) is 1. The number of nitrogens with one attached hydrogen (secondary N) is 1. The number of amides is 3. The van der Waals surface area contributed by atoms with Crippen LogP contribution >= 0.6 is 0 Å². The maximum atomic E-state index is 12.1. The summed E-state index contributed by atoms with van der Waals surface area (Å²) < 4.78 is 0. The van der Waals surface area contributed by atoms with Crippen molar-refractivity contribution in [3.8, 4) is 0 Å². The van der Waals surface area contributed by atoms with Gasteiger partial charge in [0, 0.05) is 20.6 Å². The maximum Gasteiger partial charge on any atom is 0.326 e. The summed E-state index contributed by atoms with van der Waals surface area (Å²) in [4.78, 5) is 37.2. The third-order valence-electron chi connectivity index (χ3n) is 3.29. The average Bonchev–Trinajstić information content (AvgIpc) is 2.83. The number of nitrogens with zero attached hydrogens (tertiary/aromatic N) is 2. The van der Waals surface area contributed by atoms with E-state index < -0.39 is 24.1 Å². The van der Waals surface area contributed by atoms with Crippen molar-refractivity contribution >= 4 is 17.9 Å². The Morgan fingerprint density at radius 1 is 1.44 bits per heavy atom. The van der Waals surface area contributed by atoms with Crippen molar-refractivity contribution < 1.29 is 19.5 Å². The molecule has 0 spiro atoms. The third kappa shape index (κ3) is 2.72. The normalized spacial score (nSPS) is 20.4. The summed E-state index contributed by atoms with van der Waals surface area (Å²) in [6, 6.07) is -1.83. The molecule has 0 aromatic heterocycles. The number of likely N-dealkylation sites (N-methyl/N-ethyl adjacent to an activating group) is 2. The van der Waals surface area contributed by atoms with E-state index in [1.807, 2.05) is 0 Å². The van der Waals surface area contributed by atoms with Gasteiger partial charge < -0.3 is 20.2 Å². The minimum absolute atomic E-state index is 0.211. The summed E-state index contributed by atoms with van der Waals surface area (Å²) in [5, 5.41) is 11.4. The lowest BCUT2D eigenvalue weighted by Gasteiger charge is -2.30. The van der Waals surface area contributed by atoms with Gasteiger partial charge in [0.1, 0.15) is 12.1 Å². The molecule has 0 radical (unpaired) electrons. The van der Waals surface area contributed by atoms with E-state index in [2.05, 4.69) is 5.32 Å². The molecule has 1 fully saturated rings. The zero-order valence-corrected chi connectivity index (χ0v) is 10.8. The minimum Gasteiger partial charge on any atom is -0.480 e. The van der Waals surface area contributed by atoms with Crippen molar-refractivity contribution in [2.24, 2.45) is 0 Å². The molecule has 3 amide bonds. The molecule has 0 aromatic carbocycles. The molecule has 7 heteroatoms. The van der Waals surface area contributed by atoms with Crippen molar-refractivity contribution in [1.29, 1.82) is 0 Å². The Bertz CT molecular complexity index is 358. The van der Waals surface area contributed by atoms with Gasteiger partial charge in [-0.15, -0.1) is 0 Å². The van der Waals surface area contributed by atoms with Crippen LogP contribution in [0.4, 0.5) is 4.79 Å². The standard InChI is InChI=1S/C11H19N3O4/c1-7(10(16)17)13(3)11(18)14-6-4-5-8(14)9(15)12-2/h7-8H,4-6H2,1-3H3,(H,12,15)(H,16,17). The second kappa shape index (κ2) is 5.70. The lowest BCUT2D eigenvalue weighted by Crippen LogP contribution is -2.52. The van der Waals surface area contributed by atoms with Crippen LogP contribution < -0.4 is 5.32 Å². The number of carbonyl (C=O) groups excluding carboxylic acids is 2. The van der Waals surface area contributed by atoms with Gasteiger partial charge in [0.25, 0.3) is 0 Å². The molecule has 0 bridgehead atoms. The van der Waals surface area contributed by atoms with Gasteiger partial charge in [-0.25, -0.2) is 9.59 Å². The van der Waals surface area contributed by atoms with Gasteiger partial charge in [0.2, 0.25) is 5.91 Å². The van der Waals surface area contributed by atoms with Gasteiger partial charge >= 0.3 is 12.0 Å². The Hall–Kier alpha value is -1.79. The first-order valence-electron chi connectivity index (χ1n) is 5.88. The van der Waals surface area contributed by atoms with E-state index in [0.717, 1.165) is 11.3 Å². The molecule has 102 valence electrons. The van der Waals surface area contributed by atoms with Gasteiger partial charge in [-0.2, -0.15) is 0 Å². The molecular formula is C11H19N3O4. The molecule has 2 atom stereocenters. The molecule has 2 unspecified atom stereocenters. The molecule has 1 aliphatic heterocycles. The number of likely N-dealkylation sites (tertiary alicyclic amines) is 1. The third-order valence-corrected chi connectivity index (χ3v) is 3.29. The number of hydrogen-bond acceptors (Lipinski definition) is 3. The van der Waals surface area contributed by atoms with Crippen molar-refractivity contribution in [3.05, 3.63) is 0 Å². The van der Waals surface area contributed by atoms with Crippen LogP contribution in [0.2, 0.25) is 0 Å². The average molecular weight is 257 g/mol. The van der Waals surface area contributed by atoms with E-state index in [-0.39, 0.29) is 5.91 Å². The Morgan fingerprint density at radius 3 is 2.56 bits per heavy atom. The molecule has 0 aromatic rings. The number of carboxylic acids is 1. The highest BCUT2D eigenvalue weighted by Crippen LogP contribution is 2.19. The number of carbonyl (C=O) groups is 3. The largest absolute Gasteiger partial charge is 0.480 e. The summed E-state index contributed by atoms with van der Waals surface area (Å²) in [6.07, 6.45) is 1.36. The van der Waals surface area contributed by atoms with E-state index in [0.29, 0.717) is 13.0 Å². The van der Waals surface area contributed by atoms with E-state index >= 15 is 0 Å². The van der Waals surface area contributed by atoms with Gasteiger partial charge in [-0.05, 0) is 19.8 Å².